The molecule has 1 aliphatic carbocycles. The molecule has 1 amide bonds. The van der Waals surface area contributed by atoms with Gasteiger partial charge in [-0.3, -0.25) is 4.79 Å². The molecule has 1 fully saturated rings. The molecule has 0 radical (unpaired) electrons. The van der Waals surface area contributed by atoms with Crippen molar-refractivity contribution in [3.05, 3.63) is 47.9 Å². The number of aromatic nitrogens is 2. The minimum atomic E-state index is -0.406. The number of rotatable bonds is 6. The van der Waals surface area contributed by atoms with Crippen LogP contribution in [0.5, 0.6) is 0 Å². The Bertz CT molecular complexity index is 771. The van der Waals surface area contributed by atoms with Crippen molar-refractivity contribution in [2.24, 2.45) is 0 Å². The summed E-state index contributed by atoms with van der Waals surface area (Å²) >= 11 is 0. The number of carbonyl (C=O) groups excluding carboxylic acids is 2. The lowest BCUT2D eigenvalue weighted by molar-refractivity contribution is 0.0527. The molecule has 1 saturated carbocycles. The fourth-order valence-corrected chi connectivity index (χ4v) is 2.96. The predicted octanol–water partition coefficient (Wildman–Crippen LogP) is 3.07. The van der Waals surface area contributed by atoms with Crippen LogP contribution in [0.2, 0.25) is 0 Å². The van der Waals surface area contributed by atoms with Gasteiger partial charge in [-0.1, -0.05) is 25.0 Å². The molecule has 26 heavy (non-hydrogen) atoms. The van der Waals surface area contributed by atoms with Gasteiger partial charge < -0.3 is 15.4 Å². The molecule has 1 aliphatic rings. The van der Waals surface area contributed by atoms with Crippen LogP contribution in [0.3, 0.4) is 0 Å². The van der Waals surface area contributed by atoms with Crippen LogP contribution in [-0.2, 0) is 4.74 Å². The molecule has 136 valence electrons. The molecule has 2 aromatic rings. The van der Waals surface area contributed by atoms with Crippen LogP contribution in [-0.4, -0.2) is 34.5 Å². The van der Waals surface area contributed by atoms with Crippen molar-refractivity contribution in [1.29, 1.82) is 0 Å². The first-order valence-corrected chi connectivity index (χ1v) is 8.83. The third-order valence-corrected chi connectivity index (χ3v) is 4.26. The number of esters is 1. The van der Waals surface area contributed by atoms with E-state index in [1.807, 2.05) is 6.07 Å². The van der Waals surface area contributed by atoms with Crippen molar-refractivity contribution >= 4 is 23.4 Å². The van der Waals surface area contributed by atoms with Crippen LogP contribution in [0.15, 0.2) is 36.7 Å². The summed E-state index contributed by atoms with van der Waals surface area (Å²) in [4.78, 5) is 32.6. The number of ether oxygens (including phenoxy) is 1. The number of hydrogen-bond donors (Lipinski definition) is 2. The minimum absolute atomic E-state index is 0.206. The number of carbonyl (C=O) groups is 2. The van der Waals surface area contributed by atoms with Crippen molar-refractivity contribution in [1.82, 2.24) is 15.3 Å². The third kappa shape index (κ3) is 4.36. The molecule has 7 heteroatoms. The second kappa shape index (κ2) is 8.42. The van der Waals surface area contributed by atoms with Crippen LogP contribution in [0.1, 0.15) is 53.5 Å². The molecule has 7 nitrogen and oxygen atoms in total. The molecule has 0 atom stereocenters. The number of anilines is 2. The summed E-state index contributed by atoms with van der Waals surface area (Å²) in [6.45, 7) is 2.06. The highest BCUT2D eigenvalue weighted by atomic mass is 16.5. The SMILES string of the molecule is CCOC(=O)c1ccccc1Nc1cnc(C(=O)NC2CCCC2)cn1. The summed E-state index contributed by atoms with van der Waals surface area (Å²) in [5, 5.41) is 6.02. The minimum Gasteiger partial charge on any atom is -0.462 e. The average Bonchev–Trinajstić information content (AvgIpc) is 3.16. The molecule has 0 saturated heterocycles. The van der Waals surface area contributed by atoms with E-state index in [1.54, 1.807) is 25.1 Å². The van der Waals surface area contributed by atoms with E-state index < -0.39 is 5.97 Å². The molecule has 1 heterocycles. The van der Waals surface area contributed by atoms with Crippen LogP contribution >= 0.6 is 0 Å². The maximum atomic E-state index is 12.2. The summed E-state index contributed by atoms with van der Waals surface area (Å²) in [7, 11) is 0. The number of para-hydroxylation sites is 1. The lowest BCUT2D eigenvalue weighted by Crippen LogP contribution is -2.33. The Kier molecular flexibility index (Phi) is 5.78. The topological polar surface area (TPSA) is 93.2 Å². The highest BCUT2D eigenvalue weighted by Crippen LogP contribution is 2.20. The van der Waals surface area contributed by atoms with E-state index >= 15 is 0 Å². The highest BCUT2D eigenvalue weighted by Gasteiger charge is 2.19. The van der Waals surface area contributed by atoms with E-state index in [0.717, 1.165) is 25.7 Å². The molecule has 0 spiro atoms. The molecule has 1 aromatic carbocycles. The second-order valence-corrected chi connectivity index (χ2v) is 6.13. The Morgan fingerprint density at radius 3 is 2.62 bits per heavy atom. The molecule has 2 N–H and O–H groups in total. The zero-order valence-corrected chi connectivity index (χ0v) is 14.7. The number of hydrogen-bond acceptors (Lipinski definition) is 6. The van der Waals surface area contributed by atoms with Crippen LogP contribution in [0, 0.1) is 0 Å². The Morgan fingerprint density at radius 1 is 1.15 bits per heavy atom. The van der Waals surface area contributed by atoms with Gasteiger partial charge in [0.25, 0.3) is 5.91 Å². The van der Waals surface area contributed by atoms with Gasteiger partial charge in [-0.2, -0.15) is 0 Å². The van der Waals surface area contributed by atoms with Crippen molar-refractivity contribution in [2.75, 3.05) is 11.9 Å². The fourth-order valence-electron chi connectivity index (χ4n) is 2.96. The van der Waals surface area contributed by atoms with Gasteiger partial charge in [-0.05, 0) is 31.9 Å². The van der Waals surface area contributed by atoms with Crippen molar-refractivity contribution in [2.45, 2.75) is 38.6 Å². The summed E-state index contributed by atoms with van der Waals surface area (Å²) in [5.41, 5.74) is 1.27. The van der Waals surface area contributed by atoms with Crippen molar-refractivity contribution < 1.29 is 14.3 Å². The summed E-state index contributed by atoms with van der Waals surface area (Å²) in [5.74, 6) is -0.168. The molecule has 0 unspecified atom stereocenters. The number of nitrogens with one attached hydrogen (secondary N) is 2. The summed E-state index contributed by atoms with van der Waals surface area (Å²) < 4.78 is 5.05. The van der Waals surface area contributed by atoms with Gasteiger partial charge in [0.1, 0.15) is 11.5 Å². The normalized spacial score (nSPS) is 14.0. The van der Waals surface area contributed by atoms with E-state index in [4.69, 9.17) is 4.74 Å². The van der Waals surface area contributed by atoms with E-state index in [9.17, 15) is 9.59 Å². The fraction of sp³-hybridized carbons (Fsp3) is 0.368. The molecule has 0 bridgehead atoms. The quantitative estimate of drug-likeness (QED) is 0.775. The van der Waals surface area contributed by atoms with Gasteiger partial charge in [-0.25, -0.2) is 14.8 Å². The van der Waals surface area contributed by atoms with Gasteiger partial charge in [0.2, 0.25) is 0 Å². The highest BCUT2D eigenvalue weighted by molar-refractivity contribution is 5.96. The van der Waals surface area contributed by atoms with Crippen molar-refractivity contribution in [3.8, 4) is 0 Å². The molecular weight excluding hydrogens is 332 g/mol. The Morgan fingerprint density at radius 2 is 1.92 bits per heavy atom. The van der Waals surface area contributed by atoms with E-state index in [0.29, 0.717) is 23.7 Å². The smallest absolute Gasteiger partial charge is 0.340 e. The van der Waals surface area contributed by atoms with Crippen molar-refractivity contribution in [3.63, 3.8) is 0 Å². The second-order valence-electron chi connectivity index (χ2n) is 6.13. The maximum absolute atomic E-state index is 12.2. The first-order chi connectivity index (χ1) is 12.7. The van der Waals surface area contributed by atoms with Gasteiger partial charge in [0, 0.05) is 6.04 Å². The molecular formula is C19H22N4O3. The average molecular weight is 354 g/mol. The first kappa shape index (κ1) is 17.8. The monoisotopic (exact) mass is 354 g/mol. The Labute approximate surface area is 152 Å². The van der Waals surface area contributed by atoms with E-state index in [-0.39, 0.29) is 17.6 Å². The Hall–Kier alpha value is -2.96. The Balaban J connectivity index is 1.68. The number of nitrogens with zero attached hydrogens (tertiary/aromatic N) is 2. The van der Waals surface area contributed by atoms with Crippen LogP contribution < -0.4 is 10.6 Å². The molecule has 1 aromatic heterocycles. The summed E-state index contributed by atoms with van der Waals surface area (Å²) in [6, 6.07) is 7.24. The van der Waals surface area contributed by atoms with Gasteiger partial charge >= 0.3 is 5.97 Å². The van der Waals surface area contributed by atoms with E-state index in [2.05, 4.69) is 20.6 Å². The standard InChI is InChI=1S/C19H22N4O3/c1-2-26-19(25)14-9-5-6-10-15(14)23-17-12-20-16(11-21-17)18(24)22-13-7-3-4-8-13/h5-6,9-13H,2-4,7-8H2,1H3,(H,21,23)(H,22,24). The van der Waals surface area contributed by atoms with Crippen LogP contribution in [0.4, 0.5) is 11.5 Å². The first-order valence-electron chi connectivity index (χ1n) is 8.83. The van der Waals surface area contributed by atoms with Crippen LogP contribution in [0.25, 0.3) is 0 Å². The lowest BCUT2D eigenvalue weighted by atomic mass is 10.2. The zero-order chi connectivity index (χ0) is 18.4. The lowest BCUT2D eigenvalue weighted by Gasteiger charge is -2.12. The summed E-state index contributed by atoms with van der Waals surface area (Å²) in [6.07, 6.45) is 7.25. The van der Waals surface area contributed by atoms with Gasteiger partial charge in [0.15, 0.2) is 0 Å². The zero-order valence-electron chi connectivity index (χ0n) is 14.7. The molecule has 3 rings (SSSR count). The number of amides is 1. The number of benzene rings is 1. The third-order valence-electron chi connectivity index (χ3n) is 4.26. The van der Waals surface area contributed by atoms with Gasteiger partial charge in [0.05, 0.1) is 30.3 Å². The molecule has 0 aliphatic heterocycles. The predicted molar refractivity (Wildman–Crippen MR) is 97.4 cm³/mol. The maximum Gasteiger partial charge on any atom is 0.340 e. The van der Waals surface area contributed by atoms with E-state index in [1.165, 1.54) is 12.4 Å². The van der Waals surface area contributed by atoms with Gasteiger partial charge in [-0.15, -0.1) is 0 Å². The largest absolute Gasteiger partial charge is 0.462 e.